The van der Waals surface area contributed by atoms with Crippen molar-refractivity contribution >= 4 is 21.6 Å². The third kappa shape index (κ3) is 4.63. The molecule has 1 fully saturated rings. The summed E-state index contributed by atoms with van der Waals surface area (Å²) in [6.07, 6.45) is 6.11. The second kappa shape index (κ2) is 6.17. The smallest absolute Gasteiger partial charge is 0.0512 e. The van der Waals surface area contributed by atoms with Crippen LogP contribution < -0.4 is 0 Å². The van der Waals surface area contributed by atoms with E-state index in [0.29, 0.717) is 0 Å². The monoisotopic (exact) mass is 206 g/mol. The molecule has 72 valence electrons. The van der Waals surface area contributed by atoms with Gasteiger partial charge in [-0.3, -0.25) is 0 Å². The van der Waals surface area contributed by atoms with Crippen LogP contribution in [0.25, 0.3) is 0 Å². The van der Waals surface area contributed by atoms with E-state index in [-0.39, 0.29) is 6.10 Å². The summed E-state index contributed by atoms with van der Waals surface area (Å²) in [7, 11) is 4.07. The normalized spacial score (nSPS) is 26.0. The van der Waals surface area contributed by atoms with Crippen LogP contribution in [0.5, 0.6) is 0 Å². The molecule has 0 aromatic rings. The SMILES string of the molecule is CC(O)CCCCC1CCSS1. The molecule has 0 spiro atoms. The third-order valence-electron chi connectivity index (χ3n) is 2.13. The minimum atomic E-state index is -0.101. The minimum absolute atomic E-state index is 0.101. The quantitative estimate of drug-likeness (QED) is 0.551. The second-order valence-corrected chi connectivity index (χ2v) is 6.25. The molecule has 1 rings (SSSR count). The van der Waals surface area contributed by atoms with Crippen molar-refractivity contribution in [2.45, 2.75) is 50.4 Å². The molecule has 0 aromatic carbocycles. The molecule has 0 bridgehead atoms. The predicted molar refractivity (Wildman–Crippen MR) is 58.6 cm³/mol. The lowest BCUT2D eigenvalue weighted by atomic mass is 10.1. The average molecular weight is 206 g/mol. The van der Waals surface area contributed by atoms with Crippen molar-refractivity contribution in [2.24, 2.45) is 0 Å². The number of unbranched alkanes of at least 4 members (excludes halogenated alkanes) is 1. The Balaban J connectivity index is 1.88. The van der Waals surface area contributed by atoms with E-state index in [4.69, 9.17) is 5.11 Å². The summed E-state index contributed by atoms with van der Waals surface area (Å²) in [6.45, 7) is 1.88. The van der Waals surface area contributed by atoms with Crippen LogP contribution in [0.4, 0.5) is 0 Å². The predicted octanol–water partition coefficient (Wildman–Crippen LogP) is 3.08. The molecule has 0 radical (unpaired) electrons. The van der Waals surface area contributed by atoms with Crippen molar-refractivity contribution in [3.63, 3.8) is 0 Å². The molecule has 1 nitrogen and oxygen atoms in total. The molecule has 1 N–H and O–H groups in total. The Hall–Kier alpha value is 0.660. The van der Waals surface area contributed by atoms with Gasteiger partial charge in [-0.25, -0.2) is 0 Å². The summed E-state index contributed by atoms with van der Waals surface area (Å²) in [5.74, 6) is 1.34. The van der Waals surface area contributed by atoms with Gasteiger partial charge >= 0.3 is 0 Å². The van der Waals surface area contributed by atoms with Crippen LogP contribution in [0.1, 0.15) is 39.0 Å². The first-order valence-electron chi connectivity index (χ1n) is 4.75. The standard InChI is InChI=1S/C9H18OS2/c1-8(10)4-2-3-5-9-6-7-11-12-9/h8-10H,2-7H2,1H3. The lowest BCUT2D eigenvalue weighted by Crippen LogP contribution is -2.01. The molecule has 12 heavy (non-hydrogen) atoms. The Morgan fingerprint density at radius 2 is 2.33 bits per heavy atom. The Kier molecular flexibility index (Phi) is 5.52. The highest BCUT2D eigenvalue weighted by molar-refractivity contribution is 8.77. The van der Waals surface area contributed by atoms with Gasteiger partial charge in [-0.1, -0.05) is 34.4 Å². The molecule has 1 aliphatic rings. The van der Waals surface area contributed by atoms with E-state index in [1.54, 1.807) is 0 Å². The molecule has 1 heterocycles. The first kappa shape index (κ1) is 10.7. The maximum atomic E-state index is 9.04. The molecule has 3 heteroatoms. The summed E-state index contributed by atoms with van der Waals surface area (Å²) in [6, 6.07) is 0. The van der Waals surface area contributed by atoms with E-state index in [1.807, 2.05) is 17.7 Å². The fraction of sp³-hybridized carbons (Fsp3) is 1.00. The van der Waals surface area contributed by atoms with E-state index in [9.17, 15) is 0 Å². The van der Waals surface area contributed by atoms with E-state index >= 15 is 0 Å². The zero-order valence-electron chi connectivity index (χ0n) is 7.66. The first-order valence-corrected chi connectivity index (χ1v) is 7.13. The average Bonchev–Trinajstić information content (AvgIpc) is 2.49. The number of aliphatic hydroxyl groups excluding tert-OH is 1. The largest absolute Gasteiger partial charge is 0.393 e. The molecule has 0 aromatic heterocycles. The van der Waals surface area contributed by atoms with Gasteiger partial charge in [-0.2, -0.15) is 0 Å². The van der Waals surface area contributed by atoms with Gasteiger partial charge in [0.15, 0.2) is 0 Å². The van der Waals surface area contributed by atoms with Gasteiger partial charge in [0.25, 0.3) is 0 Å². The molecule has 1 aliphatic heterocycles. The summed E-state index contributed by atoms with van der Waals surface area (Å²) in [5, 5.41) is 9.94. The van der Waals surface area contributed by atoms with Gasteiger partial charge in [0.1, 0.15) is 0 Å². The van der Waals surface area contributed by atoms with E-state index in [2.05, 4.69) is 10.8 Å². The summed E-state index contributed by atoms with van der Waals surface area (Å²) in [5.41, 5.74) is 0. The highest BCUT2D eigenvalue weighted by atomic mass is 33.1. The number of hydrogen-bond donors (Lipinski definition) is 1. The number of hydrogen-bond acceptors (Lipinski definition) is 3. The van der Waals surface area contributed by atoms with Crippen LogP contribution in [0, 0.1) is 0 Å². The summed E-state index contributed by atoms with van der Waals surface area (Å²) in [4.78, 5) is 0. The molecule has 2 unspecified atom stereocenters. The first-order chi connectivity index (χ1) is 5.79. The molecule has 0 saturated carbocycles. The van der Waals surface area contributed by atoms with Crippen molar-refractivity contribution < 1.29 is 5.11 Å². The molecule has 2 atom stereocenters. The molecule has 0 amide bonds. The maximum absolute atomic E-state index is 9.04. The Labute approximate surface area is 83.1 Å². The van der Waals surface area contributed by atoms with Crippen LogP contribution in [-0.2, 0) is 0 Å². The topological polar surface area (TPSA) is 20.2 Å². The lowest BCUT2D eigenvalue weighted by molar-refractivity contribution is 0.180. The molecule has 0 aliphatic carbocycles. The van der Waals surface area contributed by atoms with Crippen molar-refractivity contribution in [3.05, 3.63) is 0 Å². The van der Waals surface area contributed by atoms with Crippen LogP contribution >= 0.6 is 21.6 Å². The second-order valence-electron chi connectivity index (χ2n) is 3.46. The van der Waals surface area contributed by atoms with Crippen molar-refractivity contribution in [1.29, 1.82) is 0 Å². The van der Waals surface area contributed by atoms with Gasteiger partial charge in [-0.05, 0) is 26.2 Å². The Morgan fingerprint density at radius 3 is 2.92 bits per heavy atom. The molecule has 1 saturated heterocycles. The molecular formula is C9H18OS2. The van der Waals surface area contributed by atoms with Gasteiger partial charge in [0.05, 0.1) is 6.10 Å². The lowest BCUT2D eigenvalue weighted by Gasteiger charge is -2.07. The Morgan fingerprint density at radius 1 is 1.50 bits per heavy atom. The van der Waals surface area contributed by atoms with Crippen LogP contribution in [-0.4, -0.2) is 22.2 Å². The van der Waals surface area contributed by atoms with Gasteiger partial charge in [-0.15, -0.1) is 0 Å². The van der Waals surface area contributed by atoms with Crippen LogP contribution in [0.15, 0.2) is 0 Å². The fourth-order valence-corrected chi connectivity index (χ4v) is 4.40. The number of aliphatic hydroxyl groups is 1. The van der Waals surface area contributed by atoms with Crippen LogP contribution in [0.3, 0.4) is 0 Å². The van der Waals surface area contributed by atoms with Crippen LogP contribution in [0.2, 0.25) is 0 Å². The van der Waals surface area contributed by atoms with Gasteiger partial charge in [0.2, 0.25) is 0 Å². The van der Waals surface area contributed by atoms with E-state index in [0.717, 1.165) is 11.7 Å². The third-order valence-corrected chi connectivity index (χ3v) is 5.13. The maximum Gasteiger partial charge on any atom is 0.0512 e. The zero-order chi connectivity index (χ0) is 8.81. The summed E-state index contributed by atoms with van der Waals surface area (Å²) >= 11 is 0. The minimum Gasteiger partial charge on any atom is -0.393 e. The highest BCUT2D eigenvalue weighted by Gasteiger charge is 2.15. The highest BCUT2D eigenvalue weighted by Crippen LogP contribution is 2.39. The zero-order valence-corrected chi connectivity index (χ0v) is 9.29. The van der Waals surface area contributed by atoms with Gasteiger partial charge < -0.3 is 5.11 Å². The fourth-order valence-electron chi connectivity index (χ4n) is 1.38. The Bertz CT molecular complexity index is 111. The summed E-state index contributed by atoms with van der Waals surface area (Å²) < 4.78 is 0. The van der Waals surface area contributed by atoms with E-state index < -0.39 is 0 Å². The molecular weight excluding hydrogens is 188 g/mol. The van der Waals surface area contributed by atoms with Crippen molar-refractivity contribution in [2.75, 3.05) is 5.75 Å². The van der Waals surface area contributed by atoms with Crippen molar-refractivity contribution in [1.82, 2.24) is 0 Å². The van der Waals surface area contributed by atoms with E-state index in [1.165, 1.54) is 31.4 Å². The number of rotatable bonds is 5. The van der Waals surface area contributed by atoms with Gasteiger partial charge in [0, 0.05) is 11.0 Å². The van der Waals surface area contributed by atoms with Crippen molar-refractivity contribution in [3.8, 4) is 0 Å².